The molecule has 2 aromatic heterocycles. The monoisotopic (exact) mass is 427 g/mol. The van der Waals surface area contributed by atoms with Crippen LogP contribution in [0.15, 0.2) is 30.5 Å². The van der Waals surface area contributed by atoms with Crippen molar-refractivity contribution in [3.05, 3.63) is 36.0 Å². The second-order valence-corrected chi connectivity index (χ2v) is 8.67. The lowest BCUT2D eigenvalue weighted by molar-refractivity contribution is -0.125. The zero-order valence-corrected chi connectivity index (χ0v) is 18.5. The normalized spacial score (nSPS) is 16.9. The fraction of sp³-hybridized carbons (Fsp3) is 0.500. The molecule has 1 N–H and O–H groups in total. The molecule has 1 atom stereocenters. The van der Waals surface area contributed by atoms with Gasteiger partial charge in [0.2, 0.25) is 16.0 Å². The maximum absolute atomic E-state index is 12.5. The van der Waals surface area contributed by atoms with E-state index in [4.69, 9.17) is 14.8 Å². The fourth-order valence-electron chi connectivity index (χ4n) is 3.72. The first-order valence-electron chi connectivity index (χ1n) is 10.7. The van der Waals surface area contributed by atoms with E-state index in [1.165, 1.54) is 5.56 Å². The SMILES string of the molecule is CCOCCCNC(=O)C1CCCN(c2nn3cc(-c4ccc(C)cc4)nc3s2)C1. The molecule has 1 amide bonds. The summed E-state index contributed by atoms with van der Waals surface area (Å²) in [5.41, 5.74) is 3.26. The number of aryl methyl sites for hydroxylation is 1. The standard InChI is InChI=1S/C22H29N5O2S/c1-3-29-13-5-11-23-20(28)18-6-4-12-26(14-18)22-25-27-15-19(24-21(27)30-22)17-9-7-16(2)8-10-17/h7-10,15,18H,3-6,11-14H2,1-2H3,(H,23,28). The third-order valence-electron chi connectivity index (χ3n) is 5.41. The summed E-state index contributed by atoms with van der Waals surface area (Å²) in [6, 6.07) is 8.37. The first-order chi connectivity index (χ1) is 14.6. The number of hydrogen-bond donors (Lipinski definition) is 1. The van der Waals surface area contributed by atoms with Gasteiger partial charge in [0.1, 0.15) is 0 Å². The van der Waals surface area contributed by atoms with Gasteiger partial charge in [0, 0.05) is 38.4 Å². The molecular formula is C22H29N5O2S. The van der Waals surface area contributed by atoms with Gasteiger partial charge in [-0.25, -0.2) is 9.50 Å². The molecule has 1 aromatic carbocycles. The highest BCUT2D eigenvalue weighted by molar-refractivity contribution is 7.20. The summed E-state index contributed by atoms with van der Waals surface area (Å²) in [6.07, 6.45) is 4.75. The lowest BCUT2D eigenvalue weighted by atomic mass is 9.97. The van der Waals surface area contributed by atoms with Crippen LogP contribution in [0.4, 0.5) is 5.13 Å². The number of carbonyl (C=O) groups excluding carboxylic acids is 1. The van der Waals surface area contributed by atoms with Crippen molar-refractivity contribution >= 4 is 27.3 Å². The van der Waals surface area contributed by atoms with Crippen molar-refractivity contribution in [1.82, 2.24) is 19.9 Å². The van der Waals surface area contributed by atoms with Gasteiger partial charge in [-0.1, -0.05) is 41.2 Å². The molecule has 0 saturated carbocycles. The molecule has 1 saturated heterocycles. The predicted molar refractivity (Wildman–Crippen MR) is 120 cm³/mol. The van der Waals surface area contributed by atoms with Crippen LogP contribution in [-0.2, 0) is 9.53 Å². The smallest absolute Gasteiger partial charge is 0.224 e. The van der Waals surface area contributed by atoms with Crippen molar-refractivity contribution in [3.8, 4) is 11.3 Å². The van der Waals surface area contributed by atoms with Gasteiger partial charge in [0.05, 0.1) is 17.8 Å². The van der Waals surface area contributed by atoms with Crippen molar-refractivity contribution in [2.45, 2.75) is 33.1 Å². The molecule has 30 heavy (non-hydrogen) atoms. The first kappa shape index (κ1) is 20.8. The van der Waals surface area contributed by atoms with Crippen molar-refractivity contribution in [3.63, 3.8) is 0 Å². The van der Waals surface area contributed by atoms with Gasteiger partial charge in [-0.3, -0.25) is 4.79 Å². The van der Waals surface area contributed by atoms with E-state index in [1.807, 2.05) is 17.6 Å². The Kier molecular flexibility index (Phi) is 6.64. The summed E-state index contributed by atoms with van der Waals surface area (Å²) in [6.45, 7) is 7.77. The van der Waals surface area contributed by atoms with E-state index >= 15 is 0 Å². The molecule has 1 unspecified atom stereocenters. The average molecular weight is 428 g/mol. The topological polar surface area (TPSA) is 71.8 Å². The van der Waals surface area contributed by atoms with E-state index in [1.54, 1.807) is 11.3 Å². The van der Waals surface area contributed by atoms with Crippen molar-refractivity contribution in [2.75, 3.05) is 37.7 Å². The van der Waals surface area contributed by atoms with Gasteiger partial charge in [0.15, 0.2) is 0 Å². The molecule has 0 spiro atoms. The molecule has 4 rings (SSSR count). The van der Waals surface area contributed by atoms with Gasteiger partial charge < -0.3 is 15.0 Å². The minimum atomic E-state index is 0.00480. The van der Waals surface area contributed by atoms with E-state index in [2.05, 4.69) is 41.4 Å². The van der Waals surface area contributed by atoms with Gasteiger partial charge in [-0.15, -0.1) is 5.10 Å². The molecule has 0 radical (unpaired) electrons. The maximum atomic E-state index is 12.5. The largest absolute Gasteiger partial charge is 0.382 e. The van der Waals surface area contributed by atoms with Crippen molar-refractivity contribution in [1.29, 1.82) is 0 Å². The highest BCUT2D eigenvalue weighted by Gasteiger charge is 2.27. The van der Waals surface area contributed by atoms with E-state index in [9.17, 15) is 4.79 Å². The van der Waals surface area contributed by atoms with E-state index in [-0.39, 0.29) is 11.8 Å². The van der Waals surface area contributed by atoms with Crippen molar-refractivity contribution < 1.29 is 9.53 Å². The minimum Gasteiger partial charge on any atom is -0.382 e. The van der Waals surface area contributed by atoms with Crippen LogP contribution in [0.3, 0.4) is 0 Å². The van der Waals surface area contributed by atoms with E-state index in [0.29, 0.717) is 19.7 Å². The summed E-state index contributed by atoms with van der Waals surface area (Å²) in [4.78, 5) is 20.4. The van der Waals surface area contributed by atoms with Crippen LogP contribution in [0.2, 0.25) is 0 Å². The fourth-order valence-corrected chi connectivity index (χ4v) is 4.64. The number of nitrogens with zero attached hydrogens (tertiary/aromatic N) is 4. The summed E-state index contributed by atoms with van der Waals surface area (Å²) < 4.78 is 7.18. The molecule has 160 valence electrons. The summed E-state index contributed by atoms with van der Waals surface area (Å²) >= 11 is 1.58. The maximum Gasteiger partial charge on any atom is 0.224 e. The highest BCUT2D eigenvalue weighted by atomic mass is 32.1. The van der Waals surface area contributed by atoms with Gasteiger partial charge in [-0.05, 0) is 33.1 Å². The number of benzene rings is 1. The van der Waals surface area contributed by atoms with Crippen LogP contribution >= 0.6 is 11.3 Å². The quantitative estimate of drug-likeness (QED) is 0.557. The Bertz CT molecular complexity index is 950. The Morgan fingerprint density at radius 3 is 2.93 bits per heavy atom. The number of imidazole rings is 1. The molecule has 3 aromatic rings. The number of nitrogens with one attached hydrogen (secondary N) is 1. The molecule has 0 bridgehead atoms. The molecule has 1 aliphatic rings. The Morgan fingerprint density at radius 1 is 1.33 bits per heavy atom. The minimum absolute atomic E-state index is 0.00480. The van der Waals surface area contributed by atoms with Crippen LogP contribution in [0, 0.1) is 12.8 Å². The Morgan fingerprint density at radius 2 is 2.17 bits per heavy atom. The highest BCUT2D eigenvalue weighted by Crippen LogP contribution is 2.29. The first-order valence-corrected chi connectivity index (χ1v) is 11.5. The third kappa shape index (κ3) is 4.82. The average Bonchev–Trinajstić information content (AvgIpc) is 3.34. The number of carbonyl (C=O) groups is 1. The molecule has 8 heteroatoms. The Balaban J connectivity index is 1.38. The van der Waals surface area contributed by atoms with E-state index < -0.39 is 0 Å². The number of rotatable bonds is 8. The van der Waals surface area contributed by atoms with Gasteiger partial charge in [0.25, 0.3) is 0 Å². The second kappa shape index (κ2) is 9.57. The van der Waals surface area contributed by atoms with E-state index in [0.717, 1.165) is 53.8 Å². The molecule has 0 aliphatic carbocycles. The van der Waals surface area contributed by atoms with Crippen LogP contribution in [-0.4, -0.2) is 53.4 Å². The molecular weight excluding hydrogens is 398 g/mol. The molecule has 1 fully saturated rings. The second-order valence-electron chi connectivity index (χ2n) is 7.73. The molecule has 3 heterocycles. The molecule has 7 nitrogen and oxygen atoms in total. The number of aromatic nitrogens is 3. The predicted octanol–water partition coefficient (Wildman–Crippen LogP) is 3.53. The molecule has 1 aliphatic heterocycles. The zero-order valence-electron chi connectivity index (χ0n) is 17.6. The number of anilines is 1. The van der Waals surface area contributed by atoms with Crippen LogP contribution in [0.1, 0.15) is 31.7 Å². The Hall–Kier alpha value is -2.45. The number of ether oxygens (including phenoxy) is 1. The summed E-state index contributed by atoms with van der Waals surface area (Å²) in [5, 5.41) is 8.73. The van der Waals surface area contributed by atoms with Crippen molar-refractivity contribution in [2.24, 2.45) is 5.92 Å². The lowest BCUT2D eigenvalue weighted by Gasteiger charge is -2.31. The number of hydrogen-bond acceptors (Lipinski definition) is 6. The van der Waals surface area contributed by atoms with Crippen LogP contribution in [0.5, 0.6) is 0 Å². The number of fused-ring (bicyclic) bond motifs is 1. The van der Waals surface area contributed by atoms with Crippen LogP contribution < -0.4 is 10.2 Å². The third-order valence-corrected chi connectivity index (χ3v) is 6.39. The Labute approximate surface area is 181 Å². The summed E-state index contributed by atoms with van der Waals surface area (Å²) in [7, 11) is 0. The van der Waals surface area contributed by atoms with Crippen LogP contribution in [0.25, 0.3) is 16.2 Å². The number of amides is 1. The number of piperidine rings is 1. The van der Waals surface area contributed by atoms with Gasteiger partial charge >= 0.3 is 0 Å². The zero-order chi connectivity index (χ0) is 20.9. The van der Waals surface area contributed by atoms with Gasteiger partial charge in [-0.2, -0.15) is 0 Å². The summed E-state index contributed by atoms with van der Waals surface area (Å²) in [5.74, 6) is 0.143. The lowest BCUT2D eigenvalue weighted by Crippen LogP contribution is -2.43.